The van der Waals surface area contributed by atoms with E-state index in [0.717, 1.165) is 120 Å². The Morgan fingerprint density at radius 1 is 0.320 bits per heavy atom. The number of carbonyl (C=O) groups excluding carboxylic acids is 5. The standard InChI is InChI=1S/2C20H18FN3O2.C19H16ClFN4O.2C19H17ClN4O/c21-15-6-4-5-14(11-15)20-17-12-24(10-9-18(17)22-23-20)19(25)13-26-16-7-2-1-3-8-16;21-15-8-6-14(7-9-15)20-17-12-24(11-10-18(17)22-23-20)19(25)13-26-16-4-2-1-3-5-16;20-15-10-13(6-7-16(15)21)22-19(26)25-9-8-17-14(11-25)18(24-23-17)12-4-2-1-3-5-12;20-15-8-4-5-9-17(15)21-19(25)24-11-10-16-14(12-24)18(23-22-16)13-6-2-1-3-7-13;20-14-6-8-15(9-7-14)21-19(25)24-11-10-17-16(12-24)18(23-22-17)13-4-2-1-3-5-13/h1-8,11H,9-10,12-13H2,(H,22,23);1-9H,10-13H2,(H,22,23);1-7,10H,8-9,11H2,(H,22,26)(H,23,24);2*1-9H,10-12H2,(H,21,25)(H,22,23). The fourth-order valence-electron chi connectivity index (χ4n) is 15.4. The number of aromatic nitrogens is 10. The average molecular weight is 1780 g/mol. The van der Waals surface area contributed by atoms with Crippen LogP contribution in [0.1, 0.15) is 56.3 Å². The summed E-state index contributed by atoms with van der Waals surface area (Å²) in [7, 11) is 0. The number of anilines is 3. The highest BCUT2D eigenvalue weighted by Gasteiger charge is 2.32. The van der Waals surface area contributed by atoms with Crippen molar-refractivity contribution in [3.63, 3.8) is 0 Å². The summed E-state index contributed by atoms with van der Waals surface area (Å²) in [4.78, 5) is 71.7. The highest BCUT2D eigenvalue weighted by atomic mass is 35.5. The molecular formula is C97H86Cl3F3N18O7. The molecule has 0 saturated heterocycles. The zero-order valence-electron chi connectivity index (χ0n) is 69.0. The maximum atomic E-state index is 13.5. The average Bonchev–Trinajstić information content (AvgIpc) is 1.66. The van der Waals surface area contributed by atoms with Gasteiger partial charge < -0.3 is 49.9 Å². The number of fused-ring (bicyclic) bond motifs is 5. The minimum atomic E-state index is -0.516. The Kier molecular flexibility index (Phi) is 27.7. The summed E-state index contributed by atoms with van der Waals surface area (Å²) < 4.78 is 51.1. The minimum Gasteiger partial charge on any atom is -0.484 e. The third kappa shape index (κ3) is 21.4. The van der Waals surface area contributed by atoms with Crippen LogP contribution in [0.4, 0.5) is 44.6 Å². The third-order valence-corrected chi connectivity index (χ3v) is 23.1. The molecule has 8 N–H and O–H groups in total. The molecular weight excluding hydrogens is 1690 g/mol. The molecule has 5 aliphatic rings. The minimum absolute atomic E-state index is 0.00306. The number of rotatable bonds is 14. The zero-order chi connectivity index (χ0) is 88.4. The summed E-state index contributed by atoms with van der Waals surface area (Å²) in [5, 5.41) is 47.1. The van der Waals surface area contributed by atoms with E-state index >= 15 is 0 Å². The first-order chi connectivity index (χ1) is 62.4. The van der Waals surface area contributed by atoms with Crippen molar-refractivity contribution in [3.8, 4) is 67.8 Å². The smallest absolute Gasteiger partial charge is 0.322 e. The predicted molar refractivity (Wildman–Crippen MR) is 486 cm³/mol. The molecule has 10 aromatic carbocycles. The molecule has 0 radical (unpaired) electrons. The van der Waals surface area contributed by atoms with E-state index in [-0.39, 0.29) is 59.8 Å². The molecule has 5 aromatic heterocycles. The number of H-pyrrole nitrogens is 5. The Balaban J connectivity index is 0.000000117. The number of hydrogen-bond donors (Lipinski definition) is 8. The fraction of sp³-hybridized carbons (Fsp3) is 0.175. The quantitative estimate of drug-likeness (QED) is 0.0504. The highest BCUT2D eigenvalue weighted by molar-refractivity contribution is 6.33. The molecule has 0 fully saturated rings. The van der Waals surface area contributed by atoms with E-state index < -0.39 is 5.82 Å². The van der Waals surface area contributed by atoms with Gasteiger partial charge >= 0.3 is 18.1 Å². The second-order valence-corrected chi connectivity index (χ2v) is 31.8. The van der Waals surface area contributed by atoms with Crippen LogP contribution in [-0.4, -0.2) is 151 Å². The van der Waals surface area contributed by atoms with Crippen molar-refractivity contribution in [2.75, 3.05) is 61.9 Å². The summed E-state index contributed by atoms with van der Waals surface area (Å²) in [6.07, 6.45) is 3.62. The van der Waals surface area contributed by atoms with Gasteiger partial charge in [0.25, 0.3) is 11.8 Å². The number of carbonyl (C=O) groups is 5. The Labute approximate surface area is 749 Å². The van der Waals surface area contributed by atoms with Crippen molar-refractivity contribution in [2.24, 2.45) is 0 Å². The van der Waals surface area contributed by atoms with Crippen LogP contribution in [0.25, 0.3) is 56.3 Å². The van der Waals surface area contributed by atoms with Crippen LogP contribution >= 0.6 is 34.8 Å². The molecule has 31 heteroatoms. The maximum Gasteiger partial charge on any atom is 0.322 e. The molecule has 8 amide bonds. The molecule has 20 rings (SSSR count). The Morgan fingerprint density at radius 2 is 0.656 bits per heavy atom. The van der Waals surface area contributed by atoms with Gasteiger partial charge in [-0.05, 0) is 115 Å². The summed E-state index contributed by atoms with van der Waals surface area (Å²) >= 11 is 17.8. The lowest BCUT2D eigenvalue weighted by molar-refractivity contribution is -0.135. The summed E-state index contributed by atoms with van der Waals surface area (Å²) in [5.41, 5.74) is 21.0. The monoisotopic (exact) mass is 1780 g/mol. The number of halogens is 6. The van der Waals surface area contributed by atoms with Crippen molar-refractivity contribution in [1.82, 2.24) is 75.5 Å². The predicted octanol–water partition coefficient (Wildman–Crippen LogP) is 19.5. The topological polar surface area (TPSA) is 299 Å². The van der Waals surface area contributed by atoms with Crippen molar-refractivity contribution >= 4 is 81.8 Å². The summed E-state index contributed by atoms with van der Waals surface area (Å²) in [5.74, 6) is 0.0956. The molecule has 25 nitrogen and oxygen atoms in total. The Hall–Kier alpha value is -14.7. The first-order valence-electron chi connectivity index (χ1n) is 41.5. The molecule has 0 aliphatic carbocycles. The number of nitrogens with one attached hydrogen (secondary N) is 8. The fourth-order valence-corrected chi connectivity index (χ4v) is 15.9. The molecule has 10 heterocycles. The highest BCUT2D eigenvalue weighted by Crippen LogP contribution is 2.36. The van der Waals surface area contributed by atoms with Crippen LogP contribution in [0.3, 0.4) is 0 Å². The second kappa shape index (κ2) is 40.9. The maximum absolute atomic E-state index is 13.5. The van der Waals surface area contributed by atoms with Gasteiger partial charge in [-0.1, -0.05) is 186 Å². The van der Waals surface area contributed by atoms with E-state index in [1.165, 1.54) is 42.5 Å². The summed E-state index contributed by atoms with van der Waals surface area (Å²) in [6.45, 7) is 5.51. The number of hydrogen-bond acceptors (Lipinski definition) is 12. The van der Waals surface area contributed by atoms with Crippen molar-refractivity contribution < 1.29 is 46.6 Å². The normalized spacial score (nSPS) is 13.4. The van der Waals surface area contributed by atoms with Crippen LogP contribution in [0.2, 0.25) is 15.1 Å². The van der Waals surface area contributed by atoms with Crippen molar-refractivity contribution in [2.45, 2.75) is 64.8 Å². The molecule has 128 heavy (non-hydrogen) atoms. The van der Waals surface area contributed by atoms with Gasteiger partial charge in [0.2, 0.25) is 0 Å². The van der Waals surface area contributed by atoms with Crippen LogP contribution in [-0.2, 0) is 74.4 Å². The van der Waals surface area contributed by atoms with Gasteiger partial charge in [-0.2, -0.15) is 25.5 Å². The van der Waals surface area contributed by atoms with Crippen LogP contribution < -0.4 is 25.4 Å². The lowest BCUT2D eigenvalue weighted by Crippen LogP contribution is -2.38. The summed E-state index contributed by atoms with van der Waals surface area (Å²) in [6, 6.07) is 78.9. The number of ether oxygens (including phenoxy) is 2. The van der Waals surface area contributed by atoms with Gasteiger partial charge in [-0.15, -0.1) is 0 Å². The van der Waals surface area contributed by atoms with Gasteiger partial charge in [0.1, 0.15) is 29.0 Å². The number of aromatic amines is 5. The molecule has 0 saturated carbocycles. The molecule has 5 aliphatic heterocycles. The lowest BCUT2D eigenvalue weighted by Gasteiger charge is -2.27. The van der Waals surface area contributed by atoms with E-state index in [2.05, 4.69) is 66.9 Å². The van der Waals surface area contributed by atoms with Crippen LogP contribution in [0, 0.1) is 17.5 Å². The largest absolute Gasteiger partial charge is 0.484 e. The van der Waals surface area contributed by atoms with Crippen LogP contribution in [0.5, 0.6) is 11.5 Å². The van der Waals surface area contributed by atoms with E-state index in [4.69, 9.17) is 44.3 Å². The van der Waals surface area contributed by atoms with E-state index in [9.17, 15) is 37.1 Å². The van der Waals surface area contributed by atoms with Crippen molar-refractivity contribution in [3.05, 3.63) is 356 Å². The third-order valence-electron chi connectivity index (χ3n) is 22.2. The van der Waals surface area contributed by atoms with Gasteiger partial charge in [0.05, 0.1) is 63.8 Å². The molecule has 0 bridgehead atoms. The molecule has 15 aromatic rings. The first-order valence-corrected chi connectivity index (χ1v) is 42.6. The van der Waals surface area contributed by atoms with Gasteiger partial charge in [0, 0.05) is 178 Å². The number of urea groups is 3. The second-order valence-electron chi connectivity index (χ2n) is 30.5. The Morgan fingerprint density at radius 3 is 1.05 bits per heavy atom. The van der Waals surface area contributed by atoms with E-state index in [1.807, 2.05) is 170 Å². The van der Waals surface area contributed by atoms with Crippen LogP contribution in [0.15, 0.2) is 267 Å². The number of nitrogens with zero attached hydrogens (tertiary/aromatic N) is 10. The van der Waals surface area contributed by atoms with Gasteiger partial charge in [-0.3, -0.25) is 35.1 Å². The van der Waals surface area contributed by atoms with E-state index in [1.54, 1.807) is 79.1 Å². The molecule has 0 unspecified atom stereocenters. The number of amides is 8. The number of para-hydroxylation sites is 3. The molecule has 0 atom stereocenters. The van der Waals surface area contributed by atoms with Gasteiger partial charge in [0.15, 0.2) is 13.2 Å². The first kappa shape index (κ1) is 86.8. The van der Waals surface area contributed by atoms with E-state index in [0.29, 0.717) is 129 Å². The zero-order valence-corrected chi connectivity index (χ0v) is 71.3. The van der Waals surface area contributed by atoms with Crippen molar-refractivity contribution in [1.29, 1.82) is 0 Å². The Bertz CT molecular complexity index is 6370. The number of benzene rings is 10. The molecule has 648 valence electrons. The SMILES string of the molecule is O=C(COc1ccccc1)N1CCc2[nH]nc(-c3ccc(F)cc3)c2C1.O=C(COc1ccccc1)N1CCc2[nH]nc(-c3cccc(F)c3)c2C1.O=C(Nc1ccc(Cl)cc1)N1CCc2[nH]nc(-c3ccccc3)c2C1.O=C(Nc1ccc(F)c(Cl)c1)N1CCc2[nH]nc(-c3ccccc3)c2C1.O=C(Nc1ccccc1Cl)N1CCc2[nH]nc(-c3ccccc3)c2C1. The van der Waals surface area contributed by atoms with Gasteiger partial charge in [-0.25, -0.2) is 27.6 Å². The molecule has 0 spiro atoms. The lowest BCUT2D eigenvalue weighted by atomic mass is 10.0.